The highest BCUT2D eigenvalue weighted by molar-refractivity contribution is 5.92. The molecule has 7 heteroatoms. The predicted octanol–water partition coefficient (Wildman–Crippen LogP) is 3.44. The van der Waals surface area contributed by atoms with E-state index in [4.69, 9.17) is 9.15 Å². The number of hydrogen-bond acceptors (Lipinski definition) is 6. The van der Waals surface area contributed by atoms with Crippen LogP contribution in [0, 0.1) is 0 Å². The zero-order chi connectivity index (χ0) is 25.2. The molecule has 2 aliphatic heterocycles. The molecule has 1 amide bonds. The number of carbonyl (C=O) groups excluding carboxylic acids is 1. The number of aromatic hydroxyl groups is 1. The molecule has 2 aromatic rings. The summed E-state index contributed by atoms with van der Waals surface area (Å²) in [4.78, 5) is 20.2. The number of rotatable bonds is 6. The lowest BCUT2D eigenvalue weighted by Gasteiger charge is -2.69. The van der Waals surface area contributed by atoms with Crippen LogP contribution in [0.4, 0.5) is 0 Å². The standard InChI is InChI=1S/C29H35N3O4/c1-5-14-32-15-13-28-25-20-7-8-22(33)26(25)36-27(28)21(10-12-29(28,30(2)3)23(32)17-20)31(4)24(34)9-6-19-11-16-35-18-19/h5-9,11,16,18,21,23,27,33H,1,10,12-15,17H2,2-4H3/b9-6+/t21-,23+,27-,28-,29+/m0/s1. The van der Waals surface area contributed by atoms with E-state index in [1.54, 1.807) is 30.7 Å². The summed E-state index contributed by atoms with van der Waals surface area (Å²) in [6, 6.07) is 5.88. The van der Waals surface area contributed by atoms with E-state index in [2.05, 4.69) is 36.5 Å². The number of nitrogens with zero attached hydrogens (tertiary/aromatic N) is 3. The van der Waals surface area contributed by atoms with Crippen LogP contribution in [-0.2, 0) is 16.6 Å². The van der Waals surface area contributed by atoms with Gasteiger partial charge < -0.3 is 24.1 Å². The van der Waals surface area contributed by atoms with Gasteiger partial charge in [0.2, 0.25) is 5.91 Å². The molecule has 1 N–H and O–H groups in total. The summed E-state index contributed by atoms with van der Waals surface area (Å²) in [6.07, 6.45) is 12.0. The molecule has 1 saturated heterocycles. The average Bonchev–Trinajstić information content (AvgIpc) is 3.51. The molecule has 0 unspecified atom stereocenters. The van der Waals surface area contributed by atoms with Gasteiger partial charge in [0, 0.05) is 42.4 Å². The molecule has 1 saturated carbocycles. The quantitative estimate of drug-likeness (QED) is 0.495. The molecule has 6 rings (SSSR count). The van der Waals surface area contributed by atoms with Gasteiger partial charge in [0.15, 0.2) is 11.5 Å². The fraction of sp³-hybridized carbons (Fsp3) is 0.483. The van der Waals surface area contributed by atoms with Crippen LogP contribution in [-0.4, -0.2) is 83.7 Å². The van der Waals surface area contributed by atoms with Gasteiger partial charge in [-0.1, -0.05) is 12.1 Å². The molecule has 190 valence electrons. The minimum atomic E-state index is -0.313. The SMILES string of the molecule is C=CCN1CC[C@]23c4c5ccc(O)c4O[C@H]2[C@@H](N(C)C(=O)/C=C/c2ccoc2)CC[C@@]3(N(C)C)[C@H]1C5. The van der Waals surface area contributed by atoms with E-state index in [1.807, 2.05) is 24.1 Å². The van der Waals surface area contributed by atoms with Crippen molar-refractivity contribution in [3.8, 4) is 11.5 Å². The van der Waals surface area contributed by atoms with Crippen LogP contribution < -0.4 is 4.74 Å². The number of phenolic OH excluding ortho intramolecular Hbond substituents is 1. The second-order valence-electron chi connectivity index (χ2n) is 11.0. The summed E-state index contributed by atoms with van der Waals surface area (Å²) in [7, 11) is 6.27. The number of ether oxygens (including phenoxy) is 1. The number of amides is 1. The fourth-order valence-corrected chi connectivity index (χ4v) is 8.12. The van der Waals surface area contributed by atoms with Gasteiger partial charge in [-0.05, 0) is 70.1 Å². The largest absolute Gasteiger partial charge is 0.504 e. The maximum atomic E-state index is 13.3. The number of piperidine rings is 1. The van der Waals surface area contributed by atoms with Gasteiger partial charge >= 0.3 is 0 Å². The molecule has 3 heterocycles. The number of hydrogen-bond donors (Lipinski definition) is 1. The molecule has 2 fully saturated rings. The second-order valence-corrected chi connectivity index (χ2v) is 11.0. The van der Waals surface area contributed by atoms with Gasteiger partial charge in [-0.2, -0.15) is 0 Å². The first-order valence-corrected chi connectivity index (χ1v) is 12.9. The molecule has 1 aromatic heterocycles. The highest BCUT2D eigenvalue weighted by atomic mass is 16.5. The van der Waals surface area contributed by atoms with Gasteiger partial charge in [-0.3, -0.25) is 9.69 Å². The van der Waals surface area contributed by atoms with E-state index in [0.717, 1.165) is 44.3 Å². The second kappa shape index (κ2) is 8.25. The number of benzene rings is 1. The van der Waals surface area contributed by atoms with Crippen LogP contribution in [0.15, 0.2) is 53.9 Å². The normalized spacial score (nSPS) is 32.4. The third-order valence-electron chi connectivity index (χ3n) is 9.51. The monoisotopic (exact) mass is 489 g/mol. The van der Waals surface area contributed by atoms with E-state index in [-0.39, 0.29) is 34.8 Å². The van der Waals surface area contributed by atoms with Crippen molar-refractivity contribution in [3.05, 3.63) is 66.1 Å². The summed E-state index contributed by atoms with van der Waals surface area (Å²) in [6.45, 7) is 5.82. The molecule has 5 atom stereocenters. The van der Waals surface area contributed by atoms with E-state index >= 15 is 0 Å². The summed E-state index contributed by atoms with van der Waals surface area (Å²) in [5.41, 5.74) is 2.81. The highest BCUT2D eigenvalue weighted by Crippen LogP contribution is 2.67. The molecule has 1 spiro atoms. The van der Waals surface area contributed by atoms with Crippen LogP contribution in [0.3, 0.4) is 0 Å². The van der Waals surface area contributed by atoms with Crippen LogP contribution in [0.2, 0.25) is 0 Å². The Hall–Kier alpha value is -3.03. The van der Waals surface area contributed by atoms with Crippen LogP contribution >= 0.6 is 0 Å². The number of likely N-dealkylation sites (N-methyl/N-ethyl adjacent to an activating group) is 2. The van der Waals surface area contributed by atoms with Crippen molar-refractivity contribution < 1.29 is 19.1 Å². The Kier molecular flexibility index (Phi) is 5.36. The molecule has 2 aliphatic carbocycles. The Bertz CT molecular complexity index is 1220. The van der Waals surface area contributed by atoms with Crippen molar-refractivity contribution in [1.29, 1.82) is 0 Å². The first-order valence-electron chi connectivity index (χ1n) is 12.9. The zero-order valence-electron chi connectivity index (χ0n) is 21.3. The predicted molar refractivity (Wildman–Crippen MR) is 138 cm³/mol. The number of carbonyl (C=O) groups is 1. The Morgan fingerprint density at radius 2 is 2.11 bits per heavy atom. The number of likely N-dealkylation sites (tertiary alicyclic amines) is 1. The topological polar surface area (TPSA) is 69.4 Å². The van der Waals surface area contributed by atoms with E-state index < -0.39 is 0 Å². The molecule has 36 heavy (non-hydrogen) atoms. The summed E-state index contributed by atoms with van der Waals surface area (Å²) in [5, 5.41) is 10.9. The molecule has 0 radical (unpaired) electrons. The maximum absolute atomic E-state index is 13.3. The molecular formula is C29H35N3O4. The van der Waals surface area contributed by atoms with Crippen molar-refractivity contribution in [1.82, 2.24) is 14.7 Å². The maximum Gasteiger partial charge on any atom is 0.246 e. The van der Waals surface area contributed by atoms with Crippen molar-refractivity contribution in [3.63, 3.8) is 0 Å². The minimum Gasteiger partial charge on any atom is -0.504 e. The average molecular weight is 490 g/mol. The Morgan fingerprint density at radius 3 is 2.83 bits per heavy atom. The van der Waals surface area contributed by atoms with E-state index in [0.29, 0.717) is 11.8 Å². The highest BCUT2D eigenvalue weighted by Gasteiger charge is 2.74. The summed E-state index contributed by atoms with van der Waals surface area (Å²) < 4.78 is 11.9. The van der Waals surface area contributed by atoms with Crippen LogP contribution in [0.1, 0.15) is 36.0 Å². The Labute approximate surface area is 212 Å². The smallest absolute Gasteiger partial charge is 0.246 e. The molecule has 1 aromatic carbocycles. The van der Waals surface area contributed by atoms with Gasteiger partial charge in [0.1, 0.15) is 6.10 Å². The molecule has 7 nitrogen and oxygen atoms in total. The van der Waals surface area contributed by atoms with Crippen molar-refractivity contribution in [2.24, 2.45) is 0 Å². The third-order valence-corrected chi connectivity index (χ3v) is 9.51. The number of furan rings is 1. The fourth-order valence-electron chi connectivity index (χ4n) is 8.12. The lowest BCUT2D eigenvalue weighted by molar-refractivity contribution is -0.158. The van der Waals surface area contributed by atoms with E-state index in [1.165, 1.54) is 11.1 Å². The first kappa shape index (κ1) is 23.4. The van der Waals surface area contributed by atoms with Crippen molar-refractivity contribution in [2.75, 3.05) is 34.2 Å². The van der Waals surface area contributed by atoms with Gasteiger partial charge in [-0.15, -0.1) is 6.58 Å². The van der Waals surface area contributed by atoms with Crippen LogP contribution in [0.25, 0.3) is 6.08 Å². The van der Waals surface area contributed by atoms with E-state index in [9.17, 15) is 9.90 Å². The van der Waals surface area contributed by atoms with Gasteiger partial charge in [-0.25, -0.2) is 0 Å². The van der Waals surface area contributed by atoms with Crippen LogP contribution in [0.5, 0.6) is 11.5 Å². The summed E-state index contributed by atoms with van der Waals surface area (Å²) in [5.74, 6) is 0.765. The zero-order valence-corrected chi connectivity index (χ0v) is 21.3. The Balaban J connectivity index is 1.46. The van der Waals surface area contributed by atoms with Crippen molar-refractivity contribution >= 4 is 12.0 Å². The molecule has 2 bridgehead atoms. The Morgan fingerprint density at radius 1 is 1.28 bits per heavy atom. The lowest BCUT2D eigenvalue weighted by Crippen LogP contribution is -2.82. The summed E-state index contributed by atoms with van der Waals surface area (Å²) >= 11 is 0. The van der Waals surface area contributed by atoms with Crippen molar-refractivity contribution in [2.45, 2.75) is 54.8 Å². The van der Waals surface area contributed by atoms with Gasteiger partial charge in [0.05, 0.1) is 24.0 Å². The van der Waals surface area contributed by atoms with Gasteiger partial charge in [0.25, 0.3) is 0 Å². The minimum absolute atomic E-state index is 0.0598. The molecular weight excluding hydrogens is 454 g/mol. The lowest BCUT2D eigenvalue weighted by atomic mass is 9.46. The third kappa shape index (κ3) is 2.90. The molecule has 4 aliphatic rings. The first-order chi connectivity index (χ1) is 17.3. The number of phenols is 1.